The molecule has 0 aromatic heterocycles. The van der Waals surface area contributed by atoms with E-state index in [0.717, 1.165) is 6.07 Å². The predicted octanol–water partition coefficient (Wildman–Crippen LogP) is 1.67. The van der Waals surface area contributed by atoms with Gasteiger partial charge in [0.25, 0.3) is 5.69 Å². The van der Waals surface area contributed by atoms with Crippen molar-refractivity contribution in [2.75, 3.05) is 26.0 Å². The van der Waals surface area contributed by atoms with Crippen molar-refractivity contribution >= 4 is 21.4 Å². The smallest absolute Gasteiger partial charge is 0.293 e. The number of nitro groups is 1. The average Bonchev–Trinajstić information content (AvgIpc) is 2.38. The van der Waals surface area contributed by atoms with Crippen LogP contribution in [-0.2, 0) is 10.0 Å². The van der Waals surface area contributed by atoms with Gasteiger partial charge in [-0.15, -0.1) is 0 Å². The number of sulfonamides is 1. The third kappa shape index (κ3) is 3.21. The molecule has 19 heavy (non-hydrogen) atoms. The summed E-state index contributed by atoms with van der Waals surface area (Å²) in [5, 5.41) is 13.6. The third-order valence-electron chi connectivity index (χ3n) is 2.68. The maximum absolute atomic E-state index is 12.2. The van der Waals surface area contributed by atoms with Crippen LogP contribution in [0.3, 0.4) is 0 Å². The molecule has 106 valence electrons. The van der Waals surface area contributed by atoms with Crippen LogP contribution in [0.5, 0.6) is 0 Å². The molecule has 7 nitrogen and oxygen atoms in total. The number of hydrogen-bond acceptors (Lipinski definition) is 5. The van der Waals surface area contributed by atoms with Crippen LogP contribution in [0.2, 0.25) is 0 Å². The Kier molecular flexibility index (Phi) is 4.84. The number of nitro benzene ring substituents is 1. The Labute approximate surface area is 112 Å². The molecular weight excluding hydrogens is 270 g/mol. The molecule has 0 heterocycles. The van der Waals surface area contributed by atoms with E-state index in [0.29, 0.717) is 13.0 Å². The van der Waals surface area contributed by atoms with Gasteiger partial charge in [-0.3, -0.25) is 10.1 Å². The summed E-state index contributed by atoms with van der Waals surface area (Å²) < 4.78 is 25.5. The van der Waals surface area contributed by atoms with Gasteiger partial charge in [-0.25, -0.2) is 12.7 Å². The summed E-state index contributed by atoms with van der Waals surface area (Å²) in [6, 6.07) is 3.83. The van der Waals surface area contributed by atoms with E-state index < -0.39 is 14.9 Å². The number of hydrogen-bond donors (Lipinski definition) is 1. The molecular formula is C11H17N3O4S. The highest BCUT2D eigenvalue weighted by atomic mass is 32.2. The van der Waals surface area contributed by atoms with Gasteiger partial charge in [0.1, 0.15) is 5.69 Å². The van der Waals surface area contributed by atoms with E-state index in [2.05, 4.69) is 5.32 Å². The van der Waals surface area contributed by atoms with E-state index in [9.17, 15) is 18.5 Å². The van der Waals surface area contributed by atoms with Gasteiger partial charge in [0.15, 0.2) is 0 Å². The van der Waals surface area contributed by atoms with Crippen molar-refractivity contribution < 1.29 is 13.3 Å². The Morgan fingerprint density at radius 1 is 1.42 bits per heavy atom. The Bertz CT molecular complexity index is 571. The molecule has 0 bridgehead atoms. The Morgan fingerprint density at radius 2 is 2.05 bits per heavy atom. The van der Waals surface area contributed by atoms with Gasteiger partial charge in [0.05, 0.1) is 9.82 Å². The van der Waals surface area contributed by atoms with Gasteiger partial charge in [0, 0.05) is 26.7 Å². The van der Waals surface area contributed by atoms with E-state index in [1.165, 1.54) is 23.5 Å². The summed E-state index contributed by atoms with van der Waals surface area (Å²) >= 11 is 0. The van der Waals surface area contributed by atoms with Gasteiger partial charge in [-0.1, -0.05) is 6.92 Å². The van der Waals surface area contributed by atoms with Crippen LogP contribution in [0.25, 0.3) is 0 Å². The van der Waals surface area contributed by atoms with Crippen molar-refractivity contribution in [3.63, 3.8) is 0 Å². The highest BCUT2D eigenvalue weighted by Gasteiger charge is 2.24. The van der Waals surface area contributed by atoms with E-state index in [-0.39, 0.29) is 16.3 Å². The molecule has 0 radical (unpaired) electrons. The minimum absolute atomic E-state index is 0.0749. The van der Waals surface area contributed by atoms with Crippen molar-refractivity contribution in [1.29, 1.82) is 0 Å². The fraction of sp³-hybridized carbons (Fsp3) is 0.455. The molecule has 0 spiro atoms. The normalized spacial score (nSPS) is 11.6. The third-order valence-corrected chi connectivity index (χ3v) is 4.53. The van der Waals surface area contributed by atoms with Crippen molar-refractivity contribution in [2.45, 2.75) is 18.2 Å². The summed E-state index contributed by atoms with van der Waals surface area (Å²) in [5.74, 6) is 0. The number of anilines is 1. The van der Waals surface area contributed by atoms with Gasteiger partial charge >= 0.3 is 0 Å². The molecule has 0 amide bonds. The molecule has 0 fully saturated rings. The Morgan fingerprint density at radius 3 is 2.53 bits per heavy atom. The summed E-state index contributed by atoms with van der Waals surface area (Å²) in [6.45, 7) is 2.22. The van der Waals surface area contributed by atoms with Crippen LogP contribution in [-0.4, -0.2) is 38.3 Å². The molecule has 1 rings (SSSR count). The Balaban J connectivity index is 3.29. The van der Waals surface area contributed by atoms with Gasteiger partial charge < -0.3 is 5.32 Å². The molecule has 0 atom stereocenters. The fourth-order valence-corrected chi connectivity index (χ4v) is 2.93. The van der Waals surface area contributed by atoms with E-state index in [4.69, 9.17) is 0 Å². The van der Waals surface area contributed by atoms with Crippen LogP contribution in [0.1, 0.15) is 13.3 Å². The van der Waals surface area contributed by atoms with Crippen molar-refractivity contribution in [2.24, 2.45) is 0 Å². The second-order valence-corrected chi connectivity index (χ2v) is 6.06. The highest BCUT2D eigenvalue weighted by Crippen LogP contribution is 2.28. The summed E-state index contributed by atoms with van der Waals surface area (Å²) in [4.78, 5) is 10.2. The lowest BCUT2D eigenvalue weighted by atomic mass is 10.3. The van der Waals surface area contributed by atoms with Gasteiger partial charge in [-0.2, -0.15) is 0 Å². The lowest BCUT2D eigenvalue weighted by Crippen LogP contribution is -2.27. The fourth-order valence-electron chi connectivity index (χ4n) is 1.65. The molecule has 8 heteroatoms. The predicted molar refractivity (Wildman–Crippen MR) is 72.7 cm³/mol. The van der Waals surface area contributed by atoms with Crippen LogP contribution >= 0.6 is 0 Å². The number of rotatable bonds is 6. The quantitative estimate of drug-likeness (QED) is 0.634. The largest absolute Gasteiger partial charge is 0.383 e. The zero-order valence-electron chi connectivity index (χ0n) is 11.1. The first-order chi connectivity index (χ1) is 8.84. The SMILES string of the molecule is CCCN(C)S(=O)(=O)c1ccc(NC)c([N+](=O)[O-])c1. The number of nitrogens with one attached hydrogen (secondary N) is 1. The average molecular weight is 287 g/mol. The minimum atomic E-state index is -3.68. The molecule has 0 saturated carbocycles. The lowest BCUT2D eigenvalue weighted by molar-refractivity contribution is -0.384. The van der Waals surface area contributed by atoms with Crippen molar-refractivity contribution in [3.8, 4) is 0 Å². The monoisotopic (exact) mass is 287 g/mol. The zero-order valence-corrected chi connectivity index (χ0v) is 11.9. The summed E-state index contributed by atoms with van der Waals surface area (Å²) in [6.07, 6.45) is 0.673. The van der Waals surface area contributed by atoms with Crippen LogP contribution in [0.15, 0.2) is 23.1 Å². The summed E-state index contributed by atoms with van der Waals surface area (Å²) in [7, 11) is -0.685. The first-order valence-electron chi connectivity index (χ1n) is 5.77. The van der Waals surface area contributed by atoms with Crippen molar-refractivity contribution in [3.05, 3.63) is 28.3 Å². The topological polar surface area (TPSA) is 92.6 Å². The molecule has 1 N–H and O–H groups in total. The molecule has 1 aromatic carbocycles. The lowest BCUT2D eigenvalue weighted by Gasteiger charge is -2.16. The number of nitrogens with zero attached hydrogens (tertiary/aromatic N) is 2. The molecule has 1 aromatic rings. The molecule has 0 aliphatic carbocycles. The molecule has 0 aliphatic rings. The second-order valence-electron chi connectivity index (χ2n) is 4.01. The summed E-state index contributed by atoms with van der Waals surface area (Å²) in [5.41, 5.74) is 0.0237. The minimum Gasteiger partial charge on any atom is -0.383 e. The second kappa shape index (κ2) is 5.98. The van der Waals surface area contributed by atoms with Crippen LogP contribution < -0.4 is 5.32 Å². The first kappa shape index (κ1) is 15.4. The molecule has 0 unspecified atom stereocenters. The maximum atomic E-state index is 12.2. The van der Waals surface area contributed by atoms with Gasteiger partial charge in [-0.05, 0) is 18.6 Å². The molecule has 0 aliphatic heterocycles. The van der Waals surface area contributed by atoms with Crippen molar-refractivity contribution in [1.82, 2.24) is 4.31 Å². The highest BCUT2D eigenvalue weighted by molar-refractivity contribution is 7.89. The standard InChI is InChI=1S/C11H17N3O4S/c1-4-7-13(3)19(17,18)9-5-6-10(12-2)11(8-9)14(15)16/h5-6,8,12H,4,7H2,1-3H3. The van der Waals surface area contributed by atoms with Crippen LogP contribution in [0.4, 0.5) is 11.4 Å². The number of benzene rings is 1. The van der Waals surface area contributed by atoms with Crippen LogP contribution in [0, 0.1) is 10.1 Å². The van der Waals surface area contributed by atoms with Gasteiger partial charge in [0.2, 0.25) is 10.0 Å². The maximum Gasteiger partial charge on any atom is 0.293 e. The molecule has 0 saturated heterocycles. The van der Waals surface area contributed by atoms with E-state index in [1.807, 2.05) is 6.92 Å². The zero-order chi connectivity index (χ0) is 14.6. The first-order valence-corrected chi connectivity index (χ1v) is 7.21. The Hall–Kier alpha value is -1.67. The van der Waals surface area contributed by atoms with E-state index >= 15 is 0 Å². The van der Waals surface area contributed by atoms with E-state index in [1.54, 1.807) is 7.05 Å².